The van der Waals surface area contributed by atoms with E-state index in [1.54, 1.807) is 0 Å². The van der Waals surface area contributed by atoms with Crippen LogP contribution in [0.15, 0.2) is 0 Å². The van der Waals surface area contributed by atoms with Crippen molar-refractivity contribution in [3.8, 4) is 0 Å². The number of halogens is 3. The fraction of sp³-hybridized carbons (Fsp3) is 0.579. The molecule has 0 aromatic carbocycles. The van der Waals surface area contributed by atoms with E-state index in [1.807, 2.05) is 0 Å². The summed E-state index contributed by atoms with van der Waals surface area (Å²) in [5.41, 5.74) is 0. The monoisotopic (exact) mass is 511 g/mol. The third-order valence-corrected chi connectivity index (χ3v) is 4.10. The summed E-state index contributed by atoms with van der Waals surface area (Å²) in [7, 11) is 0. The Morgan fingerprint density at radius 1 is 0.743 bits per heavy atom. The van der Waals surface area contributed by atoms with Crippen LogP contribution >= 0.6 is 0 Å². The van der Waals surface area contributed by atoms with Crippen molar-refractivity contribution in [2.24, 2.45) is 0 Å². The van der Waals surface area contributed by atoms with Crippen molar-refractivity contribution in [3.63, 3.8) is 0 Å². The number of carbonyl (C=O) groups is 8. The molecule has 0 aliphatic rings. The summed E-state index contributed by atoms with van der Waals surface area (Å²) in [6.07, 6.45) is -8.66. The Labute approximate surface area is 196 Å². The van der Waals surface area contributed by atoms with Crippen LogP contribution in [0.2, 0.25) is 0 Å². The van der Waals surface area contributed by atoms with Crippen molar-refractivity contribution in [2.75, 3.05) is 32.7 Å². The van der Waals surface area contributed by atoms with Gasteiger partial charge < -0.3 is 30.1 Å². The zero-order chi connectivity index (χ0) is 27.2. The Bertz CT molecular complexity index is 844. The Hall–Kier alpha value is -3.85. The Kier molecular flexibility index (Phi) is 13.5. The zero-order valence-corrected chi connectivity index (χ0v) is 18.3. The summed E-state index contributed by atoms with van der Waals surface area (Å²) >= 11 is 0. The molecule has 0 aliphatic heterocycles. The first kappa shape index (κ1) is 31.1. The minimum Gasteiger partial charge on any atom is -0.480 e. The summed E-state index contributed by atoms with van der Waals surface area (Å²) in [4.78, 5) is 92.4. The van der Waals surface area contributed by atoms with Crippen LogP contribution in [0.4, 0.5) is 13.2 Å². The lowest BCUT2D eigenvalue weighted by atomic mass is 10.1. The van der Waals surface area contributed by atoms with Gasteiger partial charge in [0.1, 0.15) is 38.1 Å². The van der Waals surface area contributed by atoms with Gasteiger partial charge in [0, 0.05) is 25.7 Å². The number of aliphatic carboxylic acids is 2. The van der Waals surface area contributed by atoms with E-state index in [0.717, 1.165) is 0 Å². The van der Waals surface area contributed by atoms with E-state index in [9.17, 15) is 51.5 Å². The van der Waals surface area contributed by atoms with E-state index in [1.165, 1.54) is 0 Å². The van der Waals surface area contributed by atoms with Crippen molar-refractivity contribution in [2.45, 2.75) is 38.3 Å². The Balaban J connectivity index is 4.69. The zero-order valence-electron chi connectivity index (χ0n) is 18.3. The SMILES string of the molecule is O=CCN(CC(=O)O)C(=O)CCC(=O)CNC(=O)CN(CC(=O)O)C(=O)CCC(=O)CC(F)(F)F. The number of hydrogen-bond acceptors (Lipinski definition) is 8. The van der Waals surface area contributed by atoms with Gasteiger partial charge in [0.05, 0.1) is 13.1 Å². The predicted octanol–water partition coefficient (Wildman–Crippen LogP) is -1.22. The predicted molar refractivity (Wildman–Crippen MR) is 107 cm³/mol. The molecule has 0 aromatic rings. The van der Waals surface area contributed by atoms with Gasteiger partial charge in [0.2, 0.25) is 17.7 Å². The van der Waals surface area contributed by atoms with Gasteiger partial charge in [-0.1, -0.05) is 0 Å². The van der Waals surface area contributed by atoms with E-state index in [2.05, 4.69) is 5.32 Å². The molecule has 35 heavy (non-hydrogen) atoms. The van der Waals surface area contributed by atoms with E-state index >= 15 is 0 Å². The molecule has 196 valence electrons. The molecule has 16 heteroatoms. The number of alkyl halides is 3. The van der Waals surface area contributed by atoms with Gasteiger partial charge in [-0.15, -0.1) is 0 Å². The third-order valence-electron chi connectivity index (χ3n) is 4.10. The van der Waals surface area contributed by atoms with Crippen LogP contribution in [0, 0.1) is 0 Å². The number of rotatable bonds is 17. The first-order chi connectivity index (χ1) is 16.1. The second kappa shape index (κ2) is 15.1. The number of ketones is 2. The van der Waals surface area contributed by atoms with Crippen molar-refractivity contribution in [3.05, 3.63) is 0 Å². The number of nitrogens with one attached hydrogen (secondary N) is 1. The molecule has 0 rings (SSSR count). The molecule has 0 spiro atoms. The first-order valence-corrected chi connectivity index (χ1v) is 9.94. The van der Waals surface area contributed by atoms with E-state index in [-0.39, 0.29) is 0 Å². The van der Waals surface area contributed by atoms with Crippen LogP contribution in [-0.4, -0.2) is 106 Å². The number of hydrogen-bond donors (Lipinski definition) is 3. The Morgan fingerprint density at radius 3 is 1.71 bits per heavy atom. The van der Waals surface area contributed by atoms with Gasteiger partial charge in [-0.2, -0.15) is 13.2 Å². The number of carbonyl (C=O) groups excluding carboxylic acids is 6. The average Bonchev–Trinajstić information content (AvgIpc) is 2.71. The fourth-order valence-corrected chi connectivity index (χ4v) is 2.54. The van der Waals surface area contributed by atoms with Crippen LogP contribution in [0.3, 0.4) is 0 Å². The normalized spacial score (nSPS) is 10.7. The number of carboxylic acid groups (broad SMARTS) is 2. The number of nitrogens with zero attached hydrogens (tertiary/aromatic N) is 2. The average molecular weight is 511 g/mol. The number of carboxylic acids is 2. The Morgan fingerprint density at radius 2 is 1.23 bits per heavy atom. The van der Waals surface area contributed by atoms with Crippen LogP contribution in [0.1, 0.15) is 32.1 Å². The maximum Gasteiger partial charge on any atom is 0.395 e. The van der Waals surface area contributed by atoms with Gasteiger partial charge in [-0.05, 0) is 0 Å². The summed E-state index contributed by atoms with van der Waals surface area (Å²) in [5.74, 6) is -7.73. The molecule has 0 atom stereocenters. The summed E-state index contributed by atoms with van der Waals surface area (Å²) < 4.78 is 36.5. The molecule has 0 bridgehead atoms. The maximum atomic E-state index is 12.2. The van der Waals surface area contributed by atoms with Crippen molar-refractivity contribution >= 4 is 47.5 Å². The molecule has 0 radical (unpaired) electrons. The number of aldehydes is 1. The van der Waals surface area contributed by atoms with E-state index in [4.69, 9.17) is 10.2 Å². The second-order valence-corrected chi connectivity index (χ2v) is 7.12. The molecule has 0 saturated heterocycles. The number of amides is 3. The lowest BCUT2D eigenvalue weighted by Gasteiger charge is -2.20. The number of Topliss-reactive ketones (excluding diaryl/α,β-unsaturated/α-hetero) is 2. The fourth-order valence-electron chi connectivity index (χ4n) is 2.54. The summed E-state index contributed by atoms with van der Waals surface area (Å²) in [5, 5.41) is 19.6. The third kappa shape index (κ3) is 15.6. The van der Waals surface area contributed by atoms with Gasteiger partial charge in [-0.25, -0.2) is 0 Å². The van der Waals surface area contributed by atoms with E-state index < -0.39 is 112 Å². The second-order valence-electron chi connectivity index (χ2n) is 7.12. The lowest BCUT2D eigenvalue weighted by molar-refractivity contribution is -0.153. The molecular weight excluding hydrogens is 487 g/mol. The first-order valence-electron chi connectivity index (χ1n) is 9.94. The topological polar surface area (TPSA) is 196 Å². The molecule has 0 fully saturated rings. The highest BCUT2D eigenvalue weighted by molar-refractivity contribution is 5.93. The molecule has 13 nitrogen and oxygen atoms in total. The maximum absolute atomic E-state index is 12.2. The minimum atomic E-state index is -4.76. The van der Waals surface area contributed by atoms with Crippen molar-refractivity contribution in [1.29, 1.82) is 0 Å². The van der Waals surface area contributed by atoms with Crippen molar-refractivity contribution < 1.29 is 61.7 Å². The molecule has 0 aromatic heterocycles. The van der Waals surface area contributed by atoms with E-state index in [0.29, 0.717) is 16.1 Å². The molecular formula is C19H24F3N3O10. The van der Waals surface area contributed by atoms with Crippen LogP contribution in [-0.2, 0) is 38.4 Å². The summed E-state index contributed by atoms with van der Waals surface area (Å²) in [6.45, 7) is -3.73. The molecule has 3 N–H and O–H groups in total. The quantitative estimate of drug-likeness (QED) is 0.199. The van der Waals surface area contributed by atoms with Crippen LogP contribution < -0.4 is 5.32 Å². The van der Waals surface area contributed by atoms with Crippen LogP contribution in [0.5, 0.6) is 0 Å². The highest BCUT2D eigenvalue weighted by Gasteiger charge is 2.31. The van der Waals surface area contributed by atoms with Gasteiger partial charge in [-0.3, -0.25) is 33.6 Å². The van der Waals surface area contributed by atoms with Gasteiger partial charge >= 0.3 is 18.1 Å². The highest BCUT2D eigenvalue weighted by atomic mass is 19.4. The minimum absolute atomic E-state index is 0.305. The van der Waals surface area contributed by atoms with Gasteiger partial charge in [0.25, 0.3) is 0 Å². The molecule has 0 heterocycles. The largest absolute Gasteiger partial charge is 0.480 e. The molecule has 0 aliphatic carbocycles. The highest BCUT2D eigenvalue weighted by Crippen LogP contribution is 2.20. The summed E-state index contributed by atoms with van der Waals surface area (Å²) in [6, 6.07) is 0. The van der Waals surface area contributed by atoms with Crippen LogP contribution in [0.25, 0.3) is 0 Å². The van der Waals surface area contributed by atoms with Crippen molar-refractivity contribution in [1.82, 2.24) is 15.1 Å². The van der Waals surface area contributed by atoms with Gasteiger partial charge in [0.15, 0.2) is 5.78 Å². The molecule has 0 saturated carbocycles. The smallest absolute Gasteiger partial charge is 0.395 e. The lowest BCUT2D eigenvalue weighted by Crippen LogP contribution is -2.44. The molecule has 0 unspecified atom stereocenters. The standard InChI is InChI=1S/C19H24F3N3O10/c20-19(21,22)7-12(27)1-3-16(31)25(11-18(34)35)9-14(29)23-8-13(28)2-4-15(30)24(5-6-26)10-17(32)33/h6H,1-5,7-11H2,(H,23,29)(H,32,33)(H,34,35). The molecule has 3 amide bonds.